The van der Waals surface area contributed by atoms with Gasteiger partial charge in [0.2, 0.25) is 0 Å². The molecule has 1 atom stereocenters. The summed E-state index contributed by atoms with van der Waals surface area (Å²) in [5, 5.41) is 3.25. The Morgan fingerprint density at radius 1 is 1.69 bits per heavy atom. The molecule has 0 aromatic carbocycles. The van der Waals surface area contributed by atoms with Crippen LogP contribution in [0.3, 0.4) is 0 Å². The minimum atomic E-state index is 0.479. The van der Waals surface area contributed by atoms with Gasteiger partial charge in [0.25, 0.3) is 0 Å². The molecule has 1 aromatic rings. The fourth-order valence-electron chi connectivity index (χ4n) is 1.21. The van der Waals surface area contributed by atoms with Crippen molar-refractivity contribution >= 4 is 22.9 Å². The van der Waals surface area contributed by atoms with E-state index in [0.717, 1.165) is 17.2 Å². The van der Waals surface area contributed by atoms with E-state index >= 15 is 0 Å². The third-order valence-corrected chi connectivity index (χ3v) is 3.19. The molecule has 72 valence electrons. The Bertz CT molecular complexity index is 270. The Kier molecular flexibility index (Phi) is 4.50. The van der Waals surface area contributed by atoms with Crippen molar-refractivity contribution in [1.82, 2.24) is 5.32 Å². The summed E-state index contributed by atoms with van der Waals surface area (Å²) in [6.07, 6.45) is 3.96. The Morgan fingerprint density at radius 3 is 2.92 bits per heavy atom. The van der Waals surface area contributed by atoms with Crippen LogP contribution in [0.4, 0.5) is 0 Å². The summed E-state index contributed by atoms with van der Waals surface area (Å²) in [6, 6.07) is 4.51. The van der Waals surface area contributed by atoms with Crippen LogP contribution in [-0.4, -0.2) is 13.1 Å². The normalized spacial score (nSPS) is 12.8. The summed E-state index contributed by atoms with van der Waals surface area (Å²) in [4.78, 5) is 1.33. The highest BCUT2D eigenvalue weighted by molar-refractivity contribution is 7.16. The summed E-state index contributed by atoms with van der Waals surface area (Å²) in [7, 11) is 1.98. The van der Waals surface area contributed by atoms with Gasteiger partial charge in [0.1, 0.15) is 0 Å². The lowest BCUT2D eigenvalue weighted by Gasteiger charge is -2.11. The van der Waals surface area contributed by atoms with Crippen molar-refractivity contribution in [2.24, 2.45) is 0 Å². The minimum absolute atomic E-state index is 0.479. The quantitative estimate of drug-likeness (QED) is 0.745. The summed E-state index contributed by atoms with van der Waals surface area (Å²) < 4.78 is 0.864. The third-order valence-electron chi connectivity index (χ3n) is 1.94. The minimum Gasteiger partial charge on any atom is -0.316 e. The van der Waals surface area contributed by atoms with E-state index in [9.17, 15) is 0 Å². The zero-order valence-electron chi connectivity index (χ0n) is 7.72. The third kappa shape index (κ3) is 3.51. The number of halogens is 1. The topological polar surface area (TPSA) is 12.0 Å². The first-order chi connectivity index (χ1) is 6.26. The Hall–Kier alpha value is -0.310. The van der Waals surface area contributed by atoms with E-state index in [1.165, 1.54) is 4.88 Å². The molecular formula is C10H14ClNS. The molecule has 0 aliphatic rings. The number of nitrogens with one attached hydrogen (secondary N) is 1. The molecule has 0 radical (unpaired) electrons. The van der Waals surface area contributed by atoms with Gasteiger partial charge in [-0.2, -0.15) is 0 Å². The second-order valence-corrected chi connectivity index (χ2v) is 4.72. The van der Waals surface area contributed by atoms with E-state index in [-0.39, 0.29) is 0 Å². The molecule has 0 aliphatic carbocycles. The van der Waals surface area contributed by atoms with E-state index < -0.39 is 0 Å². The molecule has 1 aromatic heterocycles. The van der Waals surface area contributed by atoms with Gasteiger partial charge in [-0.05, 0) is 32.0 Å². The molecule has 0 bridgehead atoms. The van der Waals surface area contributed by atoms with Crippen LogP contribution < -0.4 is 5.32 Å². The molecule has 0 spiro atoms. The molecule has 13 heavy (non-hydrogen) atoms. The zero-order chi connectivity index (χ0) is 9.68. The number of rotatable bonds is 5. The molecule has 0 amide bonds. The van der Waals surface area contributed by atoms with E-state index in [1.807, 2.05) is 19.2 Å². The van der Waals surface area contributed by atoms with Gasteiger partial charge in [0, 0.05) is 10.9 Å². The van der Waals surface area contributed by atoms with Crippen LogP contribution in [0.25, 0.3) is 0 Å². The second-order valence-electron chi connectivity index (χ2n) is 2.92. The maximum atomic E-state index is 5.84. The average Bonchev–Trinajstić information content (AvgIpc) is 2.50. The van der Waals surface area contributed by atoms with Crippen molar-refractivity contribution in [3.8, 4) is 0 Å². The summed E-state index contributed by atoms with van der Waals surface area (Å²) in [5.41, 5.74) is 0. The smallest absolute Gasteiger partial charge is 0.0931 e. The summed E-state index contributed by atoms with van der Waals surface area (Å²) >= 11 is 7.49. The standard InChI is InChI=1S/C10H14ClNS/c1-3-4-8(12-2)7-9-5-6-10(11)13-9/h3,5-6,8,12H,1,4,7H2,2H3. The van der Waals surface area contributed by atoms with Crippen LogP contribution in [0.2, 0.25) is 4.34 Å². The Balaban J connectivity index is 2.50. The van der Waals surface area contributed by atoms with E-state index in [4.69, 9.17) is 11.6 Å². The maximum absolute atomic E-state index is 5.84. The van der Waals surface area contributed by atoms with Crippen LogP contribution in [0.1, 0.15) is 11.3 Å². The average molecular weight is 216 g/mol. The molecule has 3 heteroatoms. The lowest BCUT2D eigenvalue weighted by Crippen LogP contribution is -2.26. The van der Waals surface area contributed by atoms with E-state index in [0.29, 0.717) is 6.04 Å². The fourth-order valence-corrected chi connectivity index (χ4v) is 2.38. The lowest BCUT2D eigenvalue weighted by molar-refractivity contribution is 0.570. The van der Waals surface area contributed by atoms with Gasteiger partial charge in [-0.1, -0.05) is 17.7 Å². The van der Waals surface area contributed by atoms with Crippen LogP contribution >= 0.6 is 22.9 Å². The number of thiophene rings is 1. The molecule has 1 N–H and O–H groups in total. The van der Waals surface area contributed by atoms with Crippen molar-refractivity contribution in [2.75, 3.05) is 7.05 Å². The van der Waals surface area contributed by atoms with Gasteiger partial charge in [-0.25, -0.2) is 0 Å². The molecule has 1 unspecified atom stereocenters. The van der Waals surface area contributed by atoms with E-state index in [2.05, 4.69) is 18.0 Å². The SMILES string of the molecule is C=CCC(Cc1ccc(Cl)s1)NC. The second kappa shape index (κ2) is 5.43. The fraction of sp³-hybridized carbons (Fsp3) is 0.400. The highest BCUT2D eigenvalue weighted by atomic mass is 35.5. The lowest BCUT2D eigenvalue weighted by atomic mass is 10.1. The molecule has 1 heterocycles. The van der Waals surface area contributed by atoms with Gasteiger partial charge in [-0.15, -0.1) is 17.9 Å². The first kappa shape index (κ1) is 10.8. The maximum Gasteiger partial charge on any atom is 0.0931 e. The number of hydrogen-bond acceptors (Lipinski definition) is 2. The molecule has 1 nitrogen and oxygen atoms in total. The largest absolute Gasteiger partial charge is 0.316 e. The summed E-state index contributed by atoms with van der Waals surface area (Å²) in [6.45, 7) is 3.73. The van der Waals surface area contributed by atoms with Crippen LogP contribution in [0, 0.1) is 0 Å². The molecule has 0 fully saturated rings. The molecular weight excluding hydrogens is 202 g/mol. The Labute approximate surface area is 88.4 Å². The van der Waals surface area contributed by atoms with Gasteiger partial charge >= 0.3 is 0 Å². The van der Waals surface area contributed by atoms with Crippen molar-refractivity contribution in [1.29, 1.82) is 0 Å². The summed E-state index contributed by atoms with van der Waals surface area (Å²) in [5.74, 6) is 0. The molecule has 0 saturated carbocycles. The monoisotopic (exact) mass is 215 g/mol. The molecule has 1 rings (SSSR count). The van der Waals surface area contributed by atoms with Crippen molar-refractivity contribution < 1.29 is 0 Å². The predicted octanol–water partition coefficient (Wildman–Crippen LogP) is 3.11. The highest BCUT2D eigenvalue weighted by Gasteiger charge is 2.06. The van der Waals surface area contributed by atoms with Gasteiger partial charge in [0.05, 0.1) is 4.34 Å². The van der Waals surface area contributed by atoms with Crippen LogP contribution in [0.15, 0.2) is 24.8 Å². The molecule has 0 saturated heterocycles. The van der Waals surface area contributed by atoms with Gasteiger partial charge in [0.15, 0.2) is 0 Å². The van der Waals surface area contributed by atoms with E-state index in [1.54, 1.807) is 11.3 Å². The van der Waals surface area contributed by atoms with Gasteiger partial charge < -0.3 is 5.32 Å². The number of hydrogen-bond donors (Lipinski definition) is 1. The van der Waals surface area contributed by atoms with Crippen LogP contribution in [-0.2, 0) is 6.42 Å². The highest BCUT2D eigenvalue weighted by Crippen LogP contribution is 2.22. The zero-order valence-corrected chi connectivity index (χ0v) is 9.29. The molecule has 0 aliphatic heterocycles. The predicted molar refractivity (Wildman–Crippen MR) is 60.7 cm³/mol. The van der Waals surface area contributed by atoms with Crippen LogP contribution in [0.5, 0.6) is 0 Å². The Morgan fingerprint density at radius 2 is 2.46 bits per heavy atom. The first-order valence-corrected chi connectivity index (χ1v) is 5.48. The number of likely N-dealkylation sites (N-methyl/N-ethyl adjacent to an activating group) is 1. The van der Waals surface area contributed by atoms with Crippen molar-refractivity contribution in [3.63, 3.8) is 0 Å². The van der Waals surface area contributed by atoms with Gasteiger partial charge in [-0.3, -0.25) is 0 Å². The van der Waals surface area contributed by atoms with Crippen molar-refractivity contribution in [2.45, 2.75) is 18.9 Å². The first-order valence-electron chi connectivity index (χ1n) is 4.28. The van der Waals surface area contributed by atoms with Crippen molar-refractivity contribution in [3.05, 3.63) is 34.0 Å².